The summed E-state index contributed by atoms with van der Waals surface area (Å²) in [5.74, 6) is -0.609. The molecule has 0 aliphatic rings. The summed E-state index contributed by atoms with van der Waals surface area (Å²) in [7, 11) is 0. The van der Waals surface area contributed by atoms with Gasteiger partial charge in [0.05, 0.1) is 4.49 Å². The first-order valence-electron chi connectivity index (χ1n) is 4.99. The lowest BCUT2D eigenvalue weighted by molar-refractivity contribution is -0.128. The van der Waals surface area contributed by atoms with Gasteiger partial charge < -0.3 is 9.84 Å². The van der Waals surface area contributed by atoms with Crippen molar-refractivity contribution < 1.29 is 19.4 Å². The molecule has 0 radical (unpaired) electrons. The molecule has 1 rings (SSSR count). The van der Waals surface area contributed by atoms with Gasteiger partial charge in [-0.3, -0.25) is 4.79 Å². The van der Waals surface area contributed by atoms with Crippen LogP contribution in [0.25, 0.3) is 0 Å². The third kappa shape index (κ3) is 8.15. The second-order valence-corrected chi connectivity index (χ2v) is 4.18. The first-order valence-corrected chi connectivity index (χ1v) is 5.74. The maximum Gasteiger partial charge on any atom is 0.335 e. The number of ether oxygens (including phenoxy) is 1. The highest BCUT2D eigenvalue weighted by atomic mass is 35.5. The first-order chi connectivity index (χ1) is 8.90. The van der Waals surface area contributed by atoms with Crippen molar-refractivity contribution in [2.24, 2.45) is 0 Å². The molecule has 0 atom stereocenters. The molecule has 0 fully saturated rings. The van der Waals surface area contributed by atoms with Crippen LogP contribution in [-0.4, -0.2) is 23.5 Å². The summed E-state index contributed by atoms with van der Waals surface area (Å²) in [4.78, 5) is 21.8. The number of carbonyl (C=O) groups excluding carboxylic acids is 2. The number of aliphatic hydroxyl groups is 1. The Balaban J connectivity index is 0.000000711. The lowest BCUT2D eigenvalue weighted by atomic mass is 10.1. The molecule has 1 aromatic carbocycles. The lowest BCUT2D eigenvalue weighted by Gasteiger charge is -2.01. The lowest BCUT2D eigenvalue weighted by Crippen LogP contribution is -2.05. The highest BCUT2D eigenvalue weighted by molar-refractivity contribution is 6.55. The average Bonchev–Trinajstić information content (AvgIpc) is 2.38. The Kier molecular flexibility index (Phi) is 8.53. The van der Waals surface area contributed by atoms with E-state index in [0.717, 1.165) is 6.08 Å². The van der Waals surface area contributed by atoms with Crippen molar-refractivity contribution in [2.45, 2.75) is 0 Å². The van der Waals surface area contributed by atoms with Crippen LogP contribution in [0.4, 0.5) is 0 Å². The minimum Gasteiger partial charge on any atom is -0.423 e. The topological polar surface area (TPSA) is 63.6 Å². The molecule has 4 nitrogen and oxygen atoms in total. The van der Waals surface area contributed by atoms with E-state index in [-0.39, 0.29) is 10.3 Å². The van der Waals surface area contributed by atoms with Gasteiger partial charge in [0, 0.05) is 11.6 Å². The van der Waals surface area contributed by atoms with Crippen molar-refractivity contribution in [3.05, 3.63) is 53.6 Å². The maximum atomic E-state index is 11.0. The van der Waals surface area contributed by atoms with Gasteiger partial charge in [-0.2, -0.15) is 0 Å². The van der Waals surface area contributed by atoms with Crippen molar-refractivity contribution in [1.29, 1.82) is 0 Å². The number of ketones is 1. The summed E-state index contributed by atoms with van der Waals surface area (Å²) < 4.78 is 4.91. The highest BCUT2D eigenvalue weighted by Crippen LogP contribution is 2.12. The van der Waals surface area contributed by atoms with Crippen molar-refractivity contribution in [3.8, 4) is 5.75 Å². The van der Waals surface area contributed by atoms with Crippen LogP contribution in [0.5, 0.6) is 5.75 Å². The molecule has 0 spiro atoms. The molecular formula is C13H12Cl2O4. The molecular weight excluding hydrogens is 291 g/mol. The average molecular weight is 303 g/mol. The fourth-order valence-corrected chi connectivity index (χ4v) is 0.958. The molecule has 0 heterocycles. The molecule has 0 unspecified atom stereocenters. The Morgan fingerprint density at radius 3 is 2.11 bits per heavy atom. The van der Waals surface area contributed by atoms with Crippen LogP contribution in [0.3, 0.4) is 0 Å². The van der Waals surface area contributed by atoms with E-state index in [4.69, 9.17) is 33.0 Å². The van der Waals surface area contributed by atoms with Gasteiger partial charge >= 0.3 is 5.97 Å². The van der Waals surface area contributed by atoms with E-state index in [2.05, 4.69) is 13.2 Å². The molecule has 0 bridgehead atoms. The second kappa shape index (κ2) is 9.33. The zero-order valence-corrected chi connectivity index (χ0v) is 11.4. The smallest absolute Gasteiger partial charge is 0.335 e. The highest BCUT2D eigenvalue weighted by Gasteiger charge is 2.04. The normalized spacial score (nSPS) is 8.79. The zero-order chi connectivity index (χ0) is 14.8. The van der Waals surface area contributed by atoms with Gasteiger partial charge in [0.25, 0.3) is 0 Å². The Bertz CT molecular complexity index is 462. The van der Waals surface area contributed by atoms with E-state index < -0.39 is 12.6 Å². The number of esters is 1. The number of benzene rings is 1. The zero-order valence-electron chi connectivity index (χ0n) is 9.94. The van der Waals surface area contributed by atoms with Gasteiger partial charge in [0.2, 0.25) is 0 Å². The standard InChI is InChI=1S/C11H10O4.C2H2Cl2/c1-2-11(14)15-9-5-3-8(4-6-9)10(13)7-12;1-2(3)4/h2-6,12H,1,7H2;1H2. The first kappa shape index (κ1) is 17.4. The number of hydrogen-bond acceptors (Lipinski definition) is 4. The van der Waals surface area contributed by atoms with E-state index in [0.29, 0.717) is 11.3 Å². The van der Waals surface area contributed by atoms with Crippen molar-refractivity contribution in [3.63, 3.8) is 0 Å². The Hall–Kier alpha value is -1.62. The van der Waals surface area contributed by atoms with Crippen molar-refractivity contribution in [2.75, 3.05) is 6.61 Å². The number of Topliss-reactive ketones (excluding diaryl/α,β-unsaturated/α-hetero) is 1. The predicted molar refractivity (Wildman–Crippen MR) is 74.5 cm³/mol. The van der Waals surface area contributed by atoms with Crippen molar-refractivity contribution >= 4 is 35.0 Å². The van der Waals surface area contributed by atoms with Crippen LogP contribution in [0, 0.1) is 0 Å². The second-order valence-electron chi connectivity index (χ2n) is 3.07. The fourth-order valence-electron chi connectivity index (χ4n) is 0.958. The van der Waals surface area contributed by atoms with Gasteiger partial charge in [-0.1, -0.05) is 36.4 Å². The summed E-state index contributed by atoms with van der Waals surface area (Å²) in [6, 6.07) is 5.91. The van der Waals surface area contributed by atoms with Gasteiger partial charge in [-0.05, 0) is 24.3 Å². The van der Waals surface area contributed by atoms with E-state index in [1.54, 1.807) is 0 Å². The number of carbonyl (C=O) groups is 2. The number of aliphatic hydroxyl groups excluding tert-OH is 1. The Labute approximate surface area is 120 Å². The molecule has 0 aromatic heterocycles. The minimum absolute atomic E-state index is 0.111. The molecule has 0 saturated carbocycles. The quantitative estimate of drug-likeness (QED) is 0.402. The molecule has 0 saturated heterocycles. The molecule has 6 heteroatoms. The third-order valence-electron chi connectivity index (χ3n) is 1.71. The van der Waals surface area contributed by atoms with Gasteiger partial charge in [0.15, 0.2) is 5.78 Å². The molecule has 0 aliphatic heterocycles. The summed E-state index contributed by atoms with van der Waals surface area (Å²) in [5, 5.41) is 8.59. The molecule has 0 amide bonds. The summed E-state index contributed by atoms with van der Waals surface area (Å²) in [5.41, 5.74) is 0.371. The summed E-state index contributed by atoms with van der Waals surface area (Å²) in [6.45, 7) is 5.80. The van der Waals surface area contributed by atoms with E-state index >= 15 is 0 Å². The fraction of sp³-hybridized carbons (Fsp3) is 0.0769. The van der Waals surface area contributed by atoms with Crippen LogP contribution in [0.15, 0.2) is 48.0 Å². The van der Waals surface area contributed by atoms with Gasteiger partial charge in [-0.25, -0.2) is 4.79 Å². The predicted octanol–water partition coefficient (Wildman–Crippen LogP) is 2.89. The monoisotopic (exact) mass is 302 g/mol. The Morgan fingerprint density at radius 1 is 1.26 bits per heavy atom. The van der Waals surface area contributed by atoms with Crippen LogP contribution < -0.4 is 4.74 Å². The van der Waals surface area contributed by atoms with Crippen LogP contribution in [-0.2, 0) is 4.79 Å². The largest absolute Gasteiger partial charge is 0.423 e. The maximum absolute atomic E-state index is 11.0. The Morgan fingerprint density at radius 2 is 1.74 bits per heavy atom. The number of halogens is 2. The minimum atomic E-state index is -0.559. The molecule has 0 aliphatic carbocycles. The third-order valence-corrected chi connectivity index (χ3v) is 1.71. The van der Waals surface area contributed by atoms with Crippen LogP contribution in [0.1, 0.15) is 10.4 Å². The van der Waals surface area contributed by atoms with E-state index in [1.807, 2.05) is 0 Å². The molecule has 102 valence electrons. The molecule has 1 N–H and O–H groups in total. The summed E-state index contributed by atoms with van der Waals surface area (Å²) in [6.07, 6.45) is 1.05. The van der Waals surface area contributed by atoms with Crippen LogP contribution >= 0.6 is 23.2 Å². The van der Waals surface area contributed by atoms with E-state index in [1.165, 1.54) is 24.3 Å². The number of hydrogen-bond donors (Lipinski definition) is 1. The van der Waals surface area contributed by atoms with E-state index in [9.17, 15) is 9.59 Å². The molecule has 1 aromatic rings. The van der Waals surface area contributed by atoms with Gasteiger partial charge in [-0.15, -0.1) is 0 Å². The van der Waals surface area contributed by atoms with Gasteiger partial charge in [0.1, 0.15) is 12.4 Å². The summed E-state index contributed by atoms with van der Waals surface area (Å²) >= 11 is 9.69. The van der Waals surface area contributed by atoms with Crippen molar-refractivity contribution in [1.82, 2.24) is 0 Å². The SMILES string of the molecule is C=C(Cl)Cl.C=CC(=O)Oc1ccc(C(=O)CO)cc1. The molecule has 19 heavy (non-hydrogen) atoms. The van der Waals surface area contributed by atoms with Crippen LogP contribution in [0.2, 0.25) is 0 Å². The number of rotatable bonds is 4.